The molecule has 1 unspecified atom stereocenters. The van der Waals surface area contributed by atoms with Gasteiger partial charge in [-0.1, -0.05) is 0 Å². The van der Waals surface area contributed by atoms with Crippen LogP contribution in [0.15, 0.2) is 12.4 Å². The number of aromatic nitrogens is 2. The van der Waals surface area contributed by atoms with Crippen LogP contribution in [-0.2, 0) is 11.8 Å². The highest BCUT2D eigenvalue weighted by molar-refractivity contribution is 5.83. The maximum atomic E-state index is 12.8. The number of piperazine rings is 1. The van der Waals surface area contributed by atoms with Crippen molar-refractivity contribution >= 4 is 11.6 Å². The van der Waals surface area contributed by atoms with E-state index in [-0.39, 0.29) is 0 Å². The molecule has 3 aliphatic rings. The number of hydrogen-bond donors (Lipinski definition) is 1. The lowest BCUT2D eigenvalue weighted by Crippen LogP contribution is -2.49. The Hall–Kier alpha value is -1.56. The highest BCUT2D eigenvalue weighted by Crippen LogP contribution is 2.59. The fourth-order valence-electron chi connectivity index (χ4n) is 4.15. The van der Waals surface area contributed by atoms with Crippen LogP contribution in [0.5, 0.6) is 0 Å². The van der Waals surface area contributed by atoms with E-state index in [2.05, 4.69) is 20.2 Å². The molecule has 2 saturated heterocycles. The van der Waals surface area contributed by atoms with Crippen LogP contribution in [0.3, 0.4) is 0 Å². The van der Waals surface area contributed by atoms with E-state index in [1.165, 1.54) is 12.8 Å². The second-order valence-electron chi connectivity index (χ2n) is 7.05. The van der Waals surface area contributed by atoms with E-state index in [1.807, 2.05) is 24.1 Å². The van der Waals surface area contributed by atoms with Crippen LogP contribution < -0.4 is 10.2 Å². The Morgan fingerprint density at radius 2 is 2.00 bits per heavy atom. The van der Waals surface area contributed by atoms with Crippen LogP contribution in [0.25, 0.3) is 0 Å². The lowest BCUT2D eigenvalue weighted by molar-refractivity contribution is -0.133. The van der Waals surface area contributed by atoms with Gasteiger partial charge in [-0.05, 0) is 37.8 Å². The molecule has 1 spiro atoms. The SMILES string of the molecule is Cn1cc(N2CCN(C(=O)C3CC34CCNCC4)CC2)cn1. The summed E-state index contributed by atoms with van der Waals surface area (Å²) in [7, 11) is 1.94. The van der Waals surface area contributed by atoms with Gasteiger partial charge in [-0.25, -0.2) is 0 Å². The molecule has 1 amide bonds. The van der Waals surface area contributed by atoms with Gasteiger partial charge < -0.3 is 15.1 Å². The second-order valence-corrected chi connectivity index (χ2v) is 7.05. The van der Waals surface area contributed by atoms with Crippen molar-refractivity contribution in [2.24, 2.45) is 18.4 Å². The van der Waals surface area contributed by atoms with Gasteiger partial charge in [0, 0.05) is 45.3 Å². The van der Waals surface area contributed by atoms with E-state index in [9.17, 15) is 4.79 Å². The monoisotopic (exact) mass is 303 g/mol. The topological polar surface area (TPSA) is 53.4 Å². The third kappa shape index (κ3) is 2.39. The highest BCUT2D eigenvalue weighted by atomic mass is 16.2. The van der Waals surface area contributed by atoms with Crippen molar-refractivity contribution < 1.29 is 4.79 Å². The van der Waals surface area contributed by atoms with E-state index in [1.54, 1.807) is 0 Å². The standard InChI is InChI=1S/C16H25N5O/c1-19-12-13(11-18-19)20-6-8-21(9-7-20)15(22)14-10-16(14)2-4-17-5-3-16/h11-12,14,17H,2-10H2,1H3. The first-order valence-corrected chi connectivity index (χ1v) is 8.41. The number of aryl methyl sites for hydroxylation is 1. The van der Waals surface area contributed by atoms with Gasteiger partial charge in [-0.15, -0.1) is 0 Å². The van der Waals surface area contributed by atoms with Crippen molar-refractivity contribution in [3.8, 4) is 0 Å². The molecule has 120 valence electrons. The van der Waals surface area contributed by atoms with Gasteiger partial charge in [0.15, 0.2) is 0 Å². The molecule has 1 N–H and O–H groups in total. The number of hydrogen-bond acceptors (Lipinski definition) is 4. The van der Waals surface area contributed by atoms with Crippen molar-refractivity contribution in [3.63, 3.8) is 0 Å². The van der Waals surface area contributed by atoms with Crippen molar-refractivity contribution in [1.29, 1.82) is 0 Å². The molecule has 1 saturated carbocycles. The Balaban J connectivity index is 1.33. The third-order valence-corrected chi connectivity index (χ3v) is 5.73. The first kappa shape index (κ1) is 14.1. The lowest BCUT2D eigenvalue weighted by Gasteiger charge is -2.36. The average Bonchev–Trinajstić information content (AvgIpc) is 3.05. The summed E-state index contributed by atoms with van der Waals surface area (Å²) in [6.07, 6.45) is 7.43. The normalized spacial score (nSPS) is 27.2. The van der Waals surface area contributed by atoms with Crippen LogP contribution in [0.2, 0.25) is 0 Å². The highest BCUT2D eigenvalue weighted by Gasteiger charge is 2.58. The molecule has 2 aliphatic heterocycles. The maximum absolute atomic E-state index is 12.8. The summed E-state index contributed by atoms with van der Waals surface area (Å²) in [6.45, 7) is 5.69. The van der Waals surface area contributed by atoms with Crippen molar-refractivity contribution in [2.45, 2.75) is 19.3 Å². The van der Waals surface area contributed by atoms with Gasteiger partial charge in [-0.3, -0.25) is 9.48 Å². The number of amides is 1. The van der Waals surface area contributed by atoms with Crippen molar-refractivity contribution in [2.75, 3.05) is 44.2 Å². The summed E-state index contributed by atoms with van der Waals surface area (Å²) in [5.41, 5.74) is 1.51. The lowest BCUT2D eigenvalue weighted by atomic mass is 9.91. The predicted molar refractivity (Wildman–Crippen MR) is 84.6 cm³/mol. The van der Waals surface area contributed by atoms with Gasteiger partial charge in [0.05, 0.1) is 11.9 Å². The van der Waals surface area contributed by atoms with E-state index in [4.69, 9.17) is 0 Å². The molecule has 1 atom stereocenters. The second kappa shape index (κ2) is 5.26. The summed E-state index contributed by atoms with van der Waals surface area (Å²) >= 11 is 0. The molecule has 3 fully saturated rings. The van der Waals surface area contributed by atoms with E-state index >= 15 is 0 Å². The number of nitrogens with one attached hydrogen (secondary N) is 1. The van der Waals surface area contributed by atoms with Gasteiger partial charge >= 0.3 is 0 Å². The van der Waals surface area contributed by atoms with Crippen LogP contribution in [-0.4, -0.2) is 59.9 Å². The smallest absolute Gasteiger partial charge is 0.226 e. The van der Waals surface area contributed by atoms with E-state index < -0.39 is 0 Å². The van der Waals surface area contributed by atoms with Crippen molar-refractivity contribution in [3.05, 3.63) is 12.4 Å². The maximum Gasteiger partial charge on any atom is 0.226 e. The first-order chi connectivity index (χ1) is 10.7. The molecule has 0 radical (unpaired) electrons. The average molecular weight is 303 g/mol. The quantitative estimate of drug-likeness (QED) is 0.862. The molecule has 1 aliphatic carbocycles. The largest absolute Gasteiger partial charge is 0.365 e. The van der Waals surface area contributed by atoms with Crippen molar-refractivity contribution in [1.82, 2.24) is 20.0 Å². The Bertz CT molecular complexity index is 555. The zero-order valence-electron chi connectivity index (χ0n) is 13.3. The van der Waals surface area contributed by atoms with Crippen LogP contribution in [0.1, 0.15) is 19.3 Å². The number of rotatable bonds is 2. The Labute approximate surface area is 131 Å². The molecule has 1 aromatic heterocycles. The van der Waals surface area contributed by atoms with E-state index in [0.29, 0.717) is 17.2 Å². The Morgan fingerprint density at radius 1 is 1.27 bits per heavy atom. The molecule has 6 nitrogen and oxygen atoms in total. The number of anilines is 1. The fourth-order valence-corrected chi connectivity index (χ4v) is 4.15. The molecule has 1 aromatic rings. The predicted octanol–water partition coefficient (Wildman–Crippen LogP) is 0.458. The molecular formula is C16H25N5O. The molecule has 22 heavy (non-hydrogen) atoms. The Morgan fingerprint density at radius 3 is 2.64 bits per heavy atom. The molecule has 6 heteroatoms. The zero-order chi connectivity index (χ0) is 15.2. The minimum absolute atomic E-state index is 0.305. The number of nitrogens with zero attached hydrogens (tertiary/aromatic N) is 4. The number of carbonyl (C=O) groups excluding carboxylic acids is 1. The third-order valence-electron chi connectivity index (χ3n) is 5.73. The minimum Gasteiger partial charge on any atom is -0.365 e. The summed E-state index contributed by atoms with van der Waals surface area (Å²) < 4.78 is 1.83. The molecule has 3 heterocycles. The summed E-state index contributed by atoms with van der Waals surface area (Å²) in [4.78, 5) is 17.2. The Kier molecular flexibility index (Phi) is 3.36. The fraction of sp³-hybridized carbons (Fsp3) is 0.750. The molecule has 0 aromatic carbocycles. The number of carbonyl (C=O) groups is 1. The van der Waals surface area contributed by atoms with Gasteiger partial charge in [0.1, 0.15) is 0 Å². The van der Waals surface area contributed by atoms with E-state index in [0.717, 1.165) is 51.4 Å². The van der Waals surface area contributed by atoms with Crippen LogP contribution >= 0.6 is 0 Å². The van der Waals surface area contributed by atoms with Crippen LogP contribution in [0, 0.1) is 11.3 Å². The van der Waals surface area contributed by atoms with Gasteiger partial charge in [-0.2, -0.15) is 5.10 Å². The molecular weight excluding hydrogens is 278 g/mol. The summed E-state index contributed by atoms with van der Waals surface area (Å²) in [5, 5.41) is 7.64. The van der Waals surface area contributed by atoms with Gasteiger partial charge in [0.25, 0.3) is 0 Å². The molecule has 0 bridgehead atoms. The summed E-state index contributed by atoms with van der Waals surface area (Å²) in [6, 6.07) is 0. The number of piperidine rings is 1. The zero-order valence-corrected chi connectivity index (χ0v) is 13.3. The van der Waals surface area contributed by atoms with Crippen LogP contribution in [0.4, 0.5) is 5.69 Å². The molecule has 4 rings (SSSR count). The van der Waals surface area contributed by atoms with Gasteiger partial charge in [0.2, 0.25) is 5.91 Å². The first-order valence-electron chi connectivity index (χ1n) is 8.41. The minimum atomic E-state index is 0.305. The summed E-state index contributed by atoms with van der Waals surface area (Å²) in [5.74, 6) is 0.715.